The van der Waals surface area contributed by atoms with Gasteiger partial charge in [0.25, 0.3) is 5.56 Å². The summed E-state index contributed by atoms with van der Waals surface area (Å²) in [4.78, 5) is 40.9. The molecule has 0 aliphatic rings. The molecule has 0 bridgehead atoms. The molecule has 9 nitrogen and oxygen atoms in total. The molecule has 4 aromatic rings. The van der Waals surface area contributed by atoms with E-state index in [1.165, 1.54) is 0 Å². The second kappa shape index (κ2) is 10.4. The van der Waals surface area contributed by atoms with Crippen LogP contribution in [0.1, 0.15) is 25.1 Å². The van der Waals surface area contributed by atoms with Crippen LogP contribution in [0.4, 0.5) is 0 Å². The maximum absolute atomic E-state index is 12.9. The fourth-order valence-electron chi connectivity index (χ4n) is 4.14. The SMILES string of the molecule is COc1ccc2[nH]cc(CCNC(=O)C(NC(=O)Cc3n[nH]c(=O)c4ccccc34)C(C)C)c2c1. The van der Waals surface area contributed by atoms with E-state index in [1.54, 1.807) is 31.4 Å². The third kappa shape index (κ3) is 5.34. The quantitative estimate of drug-likeness (QED) is 0.296. The third-order valence-electron chi connectivity index (χ3n) is 6.04. The molecule has 0 aliphatic heterocycles. The van der Waals surface area contributed by atoms with Crippen molar-refractivity contribution in [1.29, 1.82) is 0 Å². The summed E-state index contributed by atoms with van der Waals surface area (Å²) >= 11 is 0. The van der Waals surface area contributed by atoms with Gasteiger partial charge in [0.15, 0.2) is 0 Å². The maximum atomic E-state index is 12.9. The van der Waals surface area contributed by atoms with Gasteiger partial charge in [0.2, 0.25) is 11.8 Å². The molecule has 9 heteroatoms. The minimum atomic E-state index is -0.695. The second-order valence-corrected chi connectivity index (χ2v) is 8.78. The smallest absolute Gasteiger partial charge is 0.272 e. The van der Waals surface area contributed by atoms with Gasteiger partial charge in [-0.25, -0.2) is 5.10 Å². The standard InChI is InChI=1S/C26H29N5O4/c1-15(2)24(29-23(32)13-22-18-6-4-5-7-19(18)25(33)31-30-22)26(34)27-11-10-16-14-28-21-9-8-17(35-3)12-20(16)21/h4-9,12,14-15,24,28H,10-11,13H2,1-3H3,(H,27,34)(H,29,32)(H,31,33). The number of hydrogen-bond donors (Lipinski definition) is 4. The van der Waals surface area contributed by atoms with Crippen LogP contribution in [0.5, 0.6) is 5.75 Å². The van der Waals surface area contributed by atoms with Crippen molar-refractivity contribution in [2.45, 2.75) is 32.7 Å². The zero-order valence-electron chi connectivity index (χ0n) is 20.0. The van der Waals surface area contributed by atoms with Crippen molar-refractivity contribution in [2.24, 2.45) is 5.92 Å². The Morgan fingerprint density at radius 3 is 2.60 bits per heavy atom. The summed E-state index contributed by atoms with van der Waals surface area (Å²) in [5.74, 6) is 0.0728. The molecule has 1 atom stereocenters. The summed E-state index contributed by atoms with van der Waals surface area (Å²) in [7, 11) is 1.63. The first kappa shape index (κ1) is 24.0. The van der Waals surface area contributed by atoms with E-state index in [0.29, 0.717) is 29.4 Å². The number of aromatic amines is 2. The van der Waals surface area contributed by atoms with E-state index in [1.807, 2.05) is 38.2 Å². The number of nitrogens with one attached hydrogen (secondary N) is 4. The Morgan fingerprint density at radius 2 is 1.86 bits per heavy atom. The van der Waals surface area contributed by atoms with Crippen molar-refractivity contribution < 1.29 is 14.3 Å². The van der Waals surface area contributed by atoms with Gasteiger partial charge in [0.1, 0.15) is 11.8 Å². The highest BCUT2D eigenvalue weighted by Crippen LogP contribution is 2.23. The lowest BCUT2D eigenvalue weighted by atomic mass is 10.0. The van der Waals surface area contributed by atoms with Crippen LogP contribution in [0.15, 0.2) is 53.5 Å². The number of ether oxygens (including phenoxy) is 1. The van der Waals surface area contributed by atoms with E-state index in [2.05, 4.69) is 25.8 Å². The minimum absolute atomic E-state index is 0.0506. The number of rotatable bonds is 9. The predicted molar refractivity (Wildman–Crippen MR) is 134 cm³/mol. The lowest BCUT2D eigenvalue weighted by molar-refractivity contribution is -0.129. The number of carbonyl (C=O) groups is 2. The highest BCUT2D eigenvalue weighted by molar-refractivity contribution is 5.91. The molecule has 0 fully saturated rings. The summed E-state index contributed by atoms with van der Waals surface area (Å²) in [5, 5.41) is 14.4. The number of methoxy groups -OCH3 is 1. The van der Waals surface area contributed by atoms with Crippen LogP contribution >= 0.6 is 0 Å². The van der Waals surface area contributed by atoms with Gasteiger partial charge in [-0.15, -0.1) is 0 Å². The van der Waals surface area contributed by atoms with Crippen molar-refractivity contribution in [3.63, 3.8) is 0 Å². The molecule has 0 saturated heterocycles. The van der Waals surface area contributed by atoms with Crippen LogP contribution in [-0.2, 0) is 22.4 Å². The van der Waals surface area contributed by atoms with Gasteiger partial charge in [0, 0.05) is 29.0 Å². The number of fused-ring (bicyclic) bond motifs is 2. The van der Waals surface area contributed by atoms with Crippen molar-refractivity contribution in [1.82, 2.24) is 25.8 Å². The number of amides is 2. The molecule has 0 radical (unpaired) electrons. The number of aromatic nitrogens is 3. The molecule has 4 rings (SSSR count). The molecule has 0 spiro atoms. The molecule has 182 valence electrons. The molecular weight excluding hydrogens is 446 g/mol. The van der Waals surface area contributed by atoms with Gasteiger partial charge in [-0.3, -0.25) is 14.4 Å². The molecular formula is C26H29N5O4. The molecule has 35 heavy (non-hydrogen) atoms. The average Bonchev–Trinajstić information content (AvgIpc) is 3.26. The predicted octanol–water partition coefficient (Wildman–Crippen LogP) is 2.46. The molecule has 2 aromatic heterocycles. The maximum Gasteiger partial charge on any atom is 0.272 e. The first-order valence-electron chi connectivity index (χ1n) is 11.5. The Balaban J connectivity index is 1.38. The van der Waals surface area contributed by atoms with Crippen molar-refractivity contribution in [3.8, 4) is 5.75 Å². The van der Waals surface area contributed by atoms with Gasteiger partial charge < -0.3 is 20.4 Å². The average molecular weight is 476 g/mol. The van der Waals surface area contributed by atoms with E-state index in [-0.39, 0.29) is 29.7 Å². The molecule has 2 heterocycles. The Labute approximate surface area is 202 Å². The summed E-state index contributed by atoms with van der Waals surface area (Å²) in [6.45, 7) is 4.18. The lowest BCUT2D eigenvalue weighted by Gasteiger charge is -2.21. The zero-order chi connectivity index (χ0) is 24.9. The van der Waals surface area contributed by atoms with Crippen molar-refractivity contribution in [3.05, 3.63) is 70.3 Å². The van der Waals surface area contributed by atoms with Gasteiger partial charge >= 0.3 is 0 Å². The second-order valence-electron chi connectivity index (χ2n) is 8.78. The fourth-order valence-corrected chi connectivity index (χ4v) is 4.14. The number of nitrogens with zero attached hydrogens (tertiary/aromatic N) is 1. The van der Waals surface area contributed by atoms with Gasteiger partial charge in [0.05, 0.1) is 24.6 Å². The molecule has 0 aliphatic carbocycles. The Morgan fingerprint density at radius 1 is 1.09 bits per heavy atom. The van der Waals surface area contributed by atoms with Crippen molar-refractivity contribution in [2.75, 3.05) is 13.7 Å². The largest absolute Gasteiger partial charge is 0.497 e. The minimum Gasteiger partial charge on any atom is -0.497 e. The van der Waals surface area contributed by atoms with E-state index < -0.39 is 6.04 Å². The van der Waals surface area contributed by atoms with Crippen molar-refractivity contribution >= 4 is 33.5 Å². The third-order valence-corrected chi connectivity index (χ3v) is 6.04. The van der Waals surface area contributed by atoms with E-state index in [0.717, 1.165) is 22.2 Å². The molecule has 2 amide bonds. The first-order valence-corrected chi connectivity index (χ1v) is 11.5. The van der Waals surface area contributed by atoms with Crippen LogP contribution in [0.25, 0.3) is 21.7 Å². The van der Waals surface area contributed by atoms with Crippen LogP contribution in [0.2, 0.25) is 0 Å². The summed E-state index contributed by atoms with van der Waals surface area (Å²) in [5.41, 5.74) is 2.22. The molecule has 1 unspecified atom stereocenters. The fraction of sp³-hybridized carbons (Fsp3) is 0.308. The number of benzene rings is 2. The van der Waals surface area contributed by atoms with Crippen LogP contribution in [0, 0.1) is 5.92 Å². The van der Waals surface area contributed by atoms with Gasteiger partial charge in [-0.1, -0.05) is 32.0 Å². The lowest BCUT2D eigenvalue weighted by Crippen LogP contribution is -2.50. The summed E-state index contributed by atoms with van der Waals surface area (Å²) in [6.07, 6.45) is 2.51. The van der Waals surface area contributed by atoms with E-state index in [4.69, 9.17) is 4.74 Å². The number of carbonyl (C=O) groups excluding carboxylic acids is 2. The number of H-pyrrole nitrogens is 2. The summed E-state index contributed by atoms with van der Waals surface area (Å²) in [6, 6.07) is 12.1. The molecule has 0 saturated carbocycles. The van der Waals surface area contributed by atoms with Gasteiger partial charge in [-0.2, -0.15) is 5.10 Å². The Bertz CT molecular complexity index is 1420. The first-order chi connectivity index (χ1) is 16.9. The Kier molecular flexibility index (Phi) is 7.14. The normalized spacial score (nSPS) is 12.1. The Hall–Kier alpha value is -4.14. The highest BCUT2D eigenvalue weighted by atomic mass is 16.5. The van der Waals surface area contributed by atoms with E-state index >= 15 is 0 Å². The van der Waals surface area contributed by atoms with E-state index in [9.17, 15) is 14.4 Å². The zero-order valence-corrected chi connectivity index (χ0v) is 20.0. The van der Waals surface area contributed by atoms with Gasteiger partial charge in [-0.05, 0) is 42.2 Å². The van der Waals surface area contributed by atoms with Crippen LogP contribution in [0.3, 0.4) is 0 Å². The monoisotopic (exact) mass is 475 g/mol. The molecule has 2 aromatic carbocycles. The highest BCUT2D eigenvalue weighted by Gasteiger charge is 2.24. The van der Waals surface area contributed by atoms with Crippen LogP contribution in [-0.4, -0.2) is 46.7 Å². The van der Waals surface area contributed by atoms with Crippen LogP contribution < -0.4 is 20.9 Å². The summed E-state index contributed by atoms with van der Waals surface area (Å²) < 4.78 is 5.31. The topological polar surface area (TPSA) is 129 Å². The number of hydrogen-bond acceptors (Lipinski definition) is 5. The molecule has 4 N–H and O–H groups in total.